The van der Waals surface area contributed by atoms with Crippen LogP contribution in [0.15, 0.2) is 53.5 Å². The second-order valence-corrected chi connectivity index (χ2v) is 7.29. The maximum Gasteiger partial charge on any atom is 0.290 e. The summed E-state index contributed by atoms with van der Waals surface area (Å²) in [5.41, 5.74) is 1.90. The number of imide groups is 1. The number of aliphatic hydroxyl groups is 1. The number of carbonyl (C=O) groups is 2. The van der Waals surface area contributed by atoms with Crippen molar-refractivity contribution in [1.82, 2.24) is 10.3 Å². The van der Waals surface area contributed by atoms with Gasteiger partial charge in [0, 0.05) is 23.0 Å². The lowest BCUT2D eigenvalue weighted by Crippen LogP contribution is -2.29. The second kappa shape index (κ2) is 6.06. The average Bonchev–Trinajstić information content (AvgIpc) is 3.09. The van der Waals surface area contributed by atoms with Crippen LogP contribution >= 0.6 is 11.8 Å². The number of amides is 2. The van der Waals surface area contributed by atoms with E-state index in [-0.39, 0.29) is 11.1 Å². The predicted molar refractivity (Wildman–Crippen MR) is 99.0 cm³/mol. The van der Waals surface area contributed by atoms with Crippen LogP contribution in [0.5, 0.6) is 0 Å². The van der Waals surface area contributed by atoms with Gasteiger partial charge in [0.25, 0.3) is 11.1 Å². The van der Waals surface area contributed by atoms with Crippen LogP contribution in [-0.2, 0) is 11.2 Å². The minimum atomic E-state index is -0.845. The molecule has 1 unspecified atom stereocenters. The van der Waals surface area contributed by atoms with Gasteiger partial charge in [-0.2, -0.15) is 0 Å². The zero-order valence-corrected chi connectivity index (χ0v) is 14.1. The molecule has 2 heterocycles. The van der Waals surface area contributed by atoms with Gasteiger partial charge < -0.3 is 10.1 Å². The van der Waals surface area contributed by atoms with E-state index in [4.69, 9.17) is 0 Å². The molecule has 126 valence electrons. The first-order valence-electron chi connectivity index (χ1n) is 7.94. The van der Waals surface area contributed by atoms with Crippen molar-refractivity contribution >= 4 is 39.9 Å². The van der Waals surface area contributed by atoms with Crippen LogP contribution in [0.4, 0.5) is 4.79 Å². The number of hydrogen-bond donors (Lipinski definition) is 3. The molecule has 2 amide bonds. The molecule has 1 saturated heterocycles. The van der Waals surface area contributed by atoms with Crippen molar-refractivity contribution in [1.29, 1.82) is 0 Å². The van der Waals surface area contributed by atoms with Crippen molar-refractivity contribution in [2.75, 3.05) is 0 Å². The molecule has 25 heavy (non-hydrogen) atoms. The van der Waals surface area contributed by atoms with Gasteiger partial charge in [0.1, 0.15) is 0 Å². The molecule has 4 rings (SSSR count). The number of carbonyl (C=O) groups excluding carboxylic acids is 2. The van der Waals surface area contributed by atoms with E-state index in [9.17, 15) is 14.7 Å². The Hall–Kier alpha value is -2.57. The Kier molecular flexibility index (Phi) is 3.86. The number of allylic oxidation sites excluding steroid dienone is 2. The molecular formula is C19H16N2O3S. The quantitative estimate of drug-likeness (QED) is 0.741. The Morgan fingerprint density at radius 2 is 2.12 bits per heavy atom. The molecule has 5 nitrogen and oxygen atoms in total. The van der Waals surface area contributed by atoms with Gasteiger partial charge in [-0.15, -0.1) is 0 Å². The van der Waals surface area contributed by atoms with Gasteiger partial charge in [-0.05, 0) is 48.0 Å². The Labute approximate surface area is 148 Å². The van der Waals surface area contributed by atoms with Crippen LogP contribution < -0.4 is 5.32 Å². The molecule has 0 spiro atoms. The smallest absolute Gasteiger partial charge is 0.290 e. The van der Waals surface area contributed by atoms with E-state index in [1.165, 1.54) is 0 Å². The Morgan fingerprint density at radius 3 is 2.84 bits per heavy atom. The zero-order chi connectivity index (χ0) is 17.4. The van der Waals surface area contributed by atoms with Crippen LogP contribution in [0, 0.1) is 0 Å². The molecule has 2 aliphatic rings. The van der Waals surface area contributed by atoms with Gasteiger partial charge in [-0.1, -0.05) is 30.4 Å². The first kappa shape index (κ1) is 15.9. The van der Waals surface area contributed by atoms with Gasteiger partial charge in [0.05, 0.1) is 10.5 Å². The molecule has 3 N–H and O–H groups in total. The standard InChI is InChI=1S/C19H16N2O3S/c22-17-16(25-18(23)21-17)10-14-9-13-8-12(4-5-15(13)20-14)11-19(24)6-2-1-3-7-19/h1-6,8-10,20,24H,7,11H2,(H,21,22,23). The van der Waals surface area contributed by atoms with E-state index in [1.54, 1.807) is 6.08 Å². The van der Waals surface area contributed by atoms with Gasteiger partial charge in [0.2, 0.25) is 0 Å². The van der Waals surface area contributed by atoms with Crippen LogP contribution in [0.3, 0.4) is 0 Å². The summed E-state index contributed by atoms with van der Waals surface area (Å²) >= 11 is 0.899. The molecule has 0 radical (unpaired) electrons. The summed E-state index contributed by atoms with van der Waals surface area (Å²) in [5, 5.41) is 13.5. The van der Waals surface area contributed by atoms with E-state index >= 15 is 0 Å². The number of benzene rings is 1. The molecule has 0 bridgehead atoms. The normalized spacial score (nSPS) is 24.4. The summed E-state index contributed by atoms with van der Waals surface area (Å²) in [7, 11) is 0. The molecule has 2 aromatic rings. The number of fused-ring (bicyclic) bond motifs is 1. The highest BCUT2D eigenvalue weighted by Crippen LogP contribution is 2.28. The van der Waals surface area contributed by atoms with Crippen molar-refractivity contribution in [3.8, 4) is 0 Å². The highest BCUT2D eigenvalue weighted by atomic mass is 32.2. The number of thioether (sulfide) groups is 1. The number of aromatic amines is 1. The third-order valence-electron chi connectivity index (χ3n) is 4.27. The van der Waals surface area contributed by atoms with Crippen LogP contribution in [0.25, 0.3) is 17.0 Å². The fourth-order valence-electron chi connectivity index (χ4n) is 3.09. The Bertz CT molecular complexity index is 970. The lowest BCUT2D eigenvalue weighted by atomic mass is 9.88. The molecule has 1 aromatic carbocycles. The van der Waals surface area contributed by atoms with Gasteiger partial charge in [-0.25, -0.2) is 0 Å². The highest BCUT2D eigenvalue weighted by Gasteiger charge is 2.25. The molecule has 0 saturated carbocycles. The van der Waals surface area contributed by atoms with Gasteiger partial charge in [-0.3, -0.25) is 14.9 Å². The second-order valence-electron chi connectivity index (χ2n) is 6.27. The van der Waals surface area contributed by atoms with Gasteiger partial charge in [0.15, 0.2) is 0 Å². The summed E-state index contributed by atoms with van der Waals surface area (Å²) in [6.45, 7) is 0. The SMILES string of the molecule is O=C1NC(=O)C(=Cc2cc3cc(CC4(O)C=CC=CC4)ccc3[nH]2)S1. The molecule has 1 aromatic heterocycles. The fourth-order valence-corrected chi connectivity index (χ4v) is 3.77. The lowest BCUT2D eigenvalue weighted by Gasteiger charge is -2.25. The number of rotatable bonds is 3. The monoisotopic (exact) mass is 352 g/mol. The van der Waals surface area contributed by atoms with Crippen molar-refractivity contribution in [2.45, 2.75) is 18.4 Å². The highest BCUT2D eigenvalue weighted by molar-refractivity contribution is 8.18. The minimum absolute atomic E-state index is 0.350. The molecule has 1 aliphatic heterocycles. The van der Waals surface area contributed by atoms with E-state index in [1.807, 2.05) is 48.6 Å². The Balaban J connectivity index is 1.60. The molecular weight excluding hydrogens is 336 g/mol. The van der Waals surface area contributed by atoms with Gasteiger partial charge >= 0.3 is 0 Å². The van der Waals surface area contributed by atoms with Crippen molar-refractivity contribution in [2.24, 2.45) is 0 Å². The maximum atomic E-state index is 11.6. The summed E-state index contributed by atoms with van der Waals surface area (Å²) < 4.78 is 0. The van der Waals surface area contributed by atoms with E-state index in [0.29, 0.717) is 17.7 Å². The average molecular weight is 352 g/mol. The minimum Gasteiger partial charge on any atom is -0.385 e. The topological polar surface area (TPSA) is 82.2 Å². The molecule has 6 heteroatoms. The van der Waals surface area contributed by atoms with Crippen LogP contribution in [0.1, 0.15) is 17.7 Å². The molecule has 1 fully saturated rings. The Morgan fingerprint density at radius 1 is 1.24 bits per heavy atom. The third-order valence-corrected chi connectivity index (χ3v) is 5.08. The van der Waals surface area contributed by atoms with E-state index in [2.05, 4.69) is 10.3 Å². The van der Waals surface area contributed by atoms with Crippen LogP contribution in [0.2, 0.25) is 0 Å². The van der Waals surface area contributed by atoms with Crippen molar-refractivity contribution in [3.63, 3.8) is 0 Å². The van der Waals surface area contributed by atoms with Crippen LogP contribution in [-0.4, -0.2) is 26.8 Å². The number of H-pyrrole nitrogens is 1. The van der Waals surface area contributed by atoms with Crippen molar-refractivity contribution in [3.05, 3.63) is 64.7 Å². The maximum absolute atomic E-state index is 11.6. The van der Waals surface area contributed by atoms with Crippen molar-refractivity contribution < 1.29 is 14.7 Å². The molecule has 1 aliphatic carbocycles. The summed E-state index contributed by atoms with van der Waals surface area (Å²) in [6, 6.07) is 7.92. The lowest BCUT2D eigenvalue weighted by molar-refractivity contribution is -0.115. The zero-order valence-electron chi connectivity index (χ0n) is 13.3. The fraction of sp³-hybridized carbons (Fsp3) is 0.158. The largest absolute Gasteiger partial charge is 0.385 e. The first-order valence-corrected chi connectivity index (χ1v) is 8.76. The summed E-state index contributed by atoms with van der Waals surface area (Å²) in [4.78, 5) is 26.5. The summed E-state index contributed by atoms with van der Waals surface area (Å²) in [6.07, 6.45) is 10.4. The van der Waals surface area contributed by atoms with E-state index in [0.717, 1.165) is 33.9 Å². The number of hydrogen-bond acceptors (Lipinski definition) is 4. The van der Waals surface area contributed by atoms with E-state index < -0.39 is 5.60 Å². The number of nitrogens with one attached hydrogen (secondary N) is 2. The summed E-state index contributed by atoms with van der Waals surface area (Å²) in [5.74, 6) is -0.367. The first-order chi connectivity index (χ1) is 12.0. The number of aromatic nitrogens is 1. The third kappa shape index (κ3) is 3.31. The predicted octanol–water partition coefficient (Wildman–Crippen LogP) is 3.28. The molecule has 1 atom stereocenters.